The lowest BCUT2D eigenvalue weighted by atomic mass is 10.2. The number of hydrogen-bond donors (Lipinski definition) is 0. The lowest BCUT2D eigenvalue weighted by Crippen LogP contribution is -2.17. The van der Waals surface area contributed by atoms with Gasteiger partial charge in [-0.3, -0.25) is 4.90 Å². The number of halogens is 1. The molecular weight excluding hydrogens is 258 g/mol. The molecule has 0 aliphatic heterocycles. The fraction of sp³-hybridized carbons (Fsp3) is 0.273. The Labute approximate surface area is 109 Å². The first-order chi connectivity index (χ1) is 8.08. The Balaban J connectivity index is 2.42. The van der Waals surface area contributed by atoms with Crippen molar-refractivity contribution in [2.24, 2.45) is 0 Å². The standard InChI is InChI=1S/C11H12ClN3OS/c1-14(2)7-15-11(17)16-10(13-15)8-5-3-4-6-9(8)12/h3-6H,7H2,1-2H3. The van der Waals surface area contributed by atoms with E-state index >= 15 is 0 Å². The number of aromatic nitrogens is 2. The molecule has 17 heavy (non-hydrogen) atoms. The van der Waals surface area contributed by atoms with E-state index in [1.807, 2.05) is 37.2 Å². The highest BCUT2D eigenvalue weighted by molar-refractivity contribution is 7.71. The first-order valence-corrected chi connectivity index (χ1v) is 5.84. The van der Waals surface area contributed by atoms with Gasteiger partial charge in [0.1, 0.15) is 0 Å². The number of hydrogen-bond acceptors (Lipinski definition) is 4. The van der Waals surface area contributed by atoms with Crippen molar-refractivity contribution in [1.82, 2.24) is 14.7 Å². The molecule has 1 aromatic heterocycles. The molecule has 0 fully saturated rings. The molecule has 0 saturated carbocycles. The Morgan fingerprint density at radius 3 is 2.76 bits per heavy atom. The first-order valence-electron chi connectivity index (χ1n) is 5.05. The third kappa shape index (κ3) is 2.74. The minimum atomic E-state index is 0.341. The van der Waals surface area contributed by atoms with Gasteiger partial charge in [0, 0.05) is 0 Å². The molecule has 4 nitrogen and oxygen atoms in total. The van der Waals surface area contributed by atoms with E-state index in [-0.39, 0.29) is 0 Å². The summed E-state index contributed by atoms with van der Waals surface area (Å²) in [6.07, 6.45) is 0. The molecule has 6 heteroatoms. The average molecular weight is 270 g/mol. The fourth-order valence-corrected chi connectivity index (χ4v) is 1.80. The molecule has 0 saturated heterocycles. The summed E-state index contributed by atoms with van der Waals surface area (Å²) >= 11 is 11.2. The summed E-state index contributed by atoms with van der Waals surface area (Å²) in [5.41, 5.74) is 0.748. The molecule has 1 aromatic carbocycles. The van der Waals surface area contributed by atoms with Gasteiger partial charge in [-0.15, -0.1) is 5.10 Å². The zero-order valence-corrected chi connectivity index (χ0v) is 11.1. The zero-order valence-electron chi connectivity index (χ0n) is 9.55. The minimum Gasteiger partial charge on any atom is -0.409 e. The smallest absolute Gasteiger partial charge is 0.288 e. The monoisotopic (exact) mass is 269 g/mol. The SMILES string of the molecule is CN(C)Cn1nc(-c2ccccc2Cl)oc1=S. The molecule has 0 radical (unpaired) electrons. The molecule has 0 amide bonds. The number of rotatable bonds is 3. The van der Waals surface area contributed by atoms with Gasteiger partial charge in [-0.1, -0.05) is 23.7 Å². The summed E-state index contributed by atoms with van der Waals surface area (Å²) in [6.45, 7) is 0.576. The third-order valence-corrected chi connectivity index (χ3v) is 2.75. The van der Waals surface area contributed by atoms with E-state index in [4.69, 9.17) is 28.2 Å². The Bertz CT molecular complexity index is 576. The normalized spacial score (nSPS) is 11.1. The molecule has 0 bridgehead atoms. The molecule has 0 aliphatic rings. The highest BCUT2D eigenvalue weighted by Crippen LogP contribution is 2.26. The summed E-state index contributed by atoms with van der Waals surface area (Å²) in [7, 11) is 3.87. The van der Waals surface area contributed by atoms with Gasteiger partial charge in [-0.25, -0.2) is 4.68 Å². The predicted octanol–water partition coefficient (Wildman–Crippen LogP) is 3.05. The van der Waals surface area contributed by atoms with E-state index in [1.54, 1.807) is 10.7 Å². The fourth-order valence-electron chi connectivity index (χ4n) is 1.41. The largest absolute Gasteiger partial charge is 0.409 e. The van der Waals surface area contributed by atoms with Crippen LogP contribution in [0.1, 0.15) is 0 Å². The van der Waals surface area contributed by atoms with Crippen molar-refractivity contribution in [1.29, 1.82) is 0 Å². The minimum absolute atomic E-state index is 0.341. The summed E-state index contributed by atoms with van der Waals surface area (Å²) in [5.74, 6) is 0.447. The molecule has 90 valence electrons. The van der Waals surface area contributed by atoms with Crippen LogP contribution >= 0.6 is 23.8 Å². The molecule has 0 spiro atoms. The molecule has 0 atom stereocenters. The highest BCUT2D eigenvalue weighted by atomic mass is 35.5. The Hall–Kier alpha value is -1.17. The van der Waals surface area contributed by atoms with Gasteiger partial charge in [0.25, 0.3) is 4.84 Å². The lowest BCUT2D eigenvalue weighted by molar-refractivity contribution is 0.298. The Morgan fingerprint density at radius 1 is 1.41 bits per heavy atom. The van der Waals surface area contributed by atoms with Gasteiger partial charge in [0.15, 0.2) is 0 Å². The van der Waals surface area contributed by atoms with Crippen LogP contribution in [0.15, 0.2) is 28.7 Å². The van der Waals surface area contributed by atoms with Gasteiger partial charge in [0.2, 0.25) is 5.89 Å². The quantitative estimate of drug-likeness (QED) is 0.802. The molecule has 0 aliphatic carbocycles. The van der Waals surface area contributed by atoms with E-state index in [1.165, 1.54) is 0 Å². The van der Waals surface area contributed by atoms with Crippen LogP contribution in [0.5, 0.6) is 0 Å². The van der Waals surface area contributed by atoms with Crippen molar-refractivity contribution in [3.63, 3.8) is 0 Å². The molecule has 2 aromatic rings. The van der Waals surface area contributed by atoms with Crippen molar-refractivity contribution in [3.8, 4) is 11.5 Å². The van der Waals surface area contributed by atoms with E-state index in [0.717, 1.165) is 5.56 Å². The lowest BCUT2D eigenvalue weighted by Gasteiger charge is -2.07. The maximum atomic E-state index is 6.07. The van der Waals surface area contributed by atoms with Crippen molar-refractivity contribution in [3.05, 3.63) is 34.1 Å². The van der Waals surface area contributed by atoms with Crippen molar-refractivity contribution in [2.75, 3.05) is 14.1 Å². The van der Waals surface area contributed by atoms with Crippen LogP contribution in [0.25, 0.3) is 11.5 Å². The van der Waals surface area contributed by atoms with Crippen LogP contribution in [0, 0.1) is 4.84 Å². The average Bonchev–Trinajstić information content (AvgIpc) is 2.60. The van der Waals surface area contributed by atoms with Crippen LogP contribution in [0.3, 0.4) is 0 Å². The highest BCUT2D eigenvalue weighted by Gasteiger charge is 2.11. The second-order valence-corrected chi connectivity index (χ2v) is 4.63. The van der Waals surface area contributed by atoms with Gasteiger partial charge in [-0.2, -0.15) is 0 Å². The first kappa shape index (κ1) is 12.3. The molecular formula is C11H12ClN3OS. The van der Waals surface area contributed by atoms with Crippen LogP contribution in [-0.4, -0.2) is 28.8 Å². The summed E-state index contributed by atoms with van der Waals surface area (Å²) in [6, 6.07) is 7.38. The van der Waals surface area contributed by atoms with Gasteiger partial charge >= 0.3 is 0 Å². The van der Waals surface area contributed by atoms with Gasteiger partial charge in [0.05, 0.1) is 17.3 Å². The summed E-state index contributed by atoms with van der Waals surface area (Å²) in [4.78, 5) is 2.29. The summed E-state index contributed by atoms with van der Waals surface area (Å²) in [5, 5.41) is 4.90. The van der Waals surface area contributed by atoms with E-state index in [2.05, 4.69) is 5.10 Å². The van der Waals surface area contributed by atoms with E-state index < -0.39 is 0 Å². The van der Waals surface area contributed by atoms with Crippen LogP contribution in [0.2, 0.25) is 5.02 Å². The topological polar surface area (TPSA) is 34.2 Å². The second kappa shape index (κ2) is 5.00. The Morgan fingerprint density at radius 2 is 2.12 bits per heavy atom. The van der Waals surface area contributed by atoms with Crippen molar-refractivity contribution < 1.29 is 4.42 Å². The van der Waals surface area contributed by atoms with Crippen LogP contribution in [-0.2, 0) is 6.67 Å². The van der Waals surface area contributed by atoms with Gasteiger partial charge in [-0.05, 0) is 38.4 Å². The molecule has 0 unspecified atom stereocenters. The van der Waals surface area contributed by atoms with Crippen LogP contribution in [0.4, 0.5) is 0 Å². The molecule has 2 rings (SSSR count). The molecule has 1 heterocycles. The molecule has 0 N–H and O–H groups in total. The predicted molar refractivity (Wildman–Crippen MR) is 69.5 cm³/mol. The zero-order chi connectivity index (χ0) is 12.4. The maximum Gasteiger partial charge on any atom is 0.288 e. The third-order valence-electron chi connectivity index (χ3n) is 2.13. The number of nitrogens with zero attached hydrogens (tertiary/aromatic N) is 3. The van der Waals surface area contributed by atoms with Crippen molar-refractivity contribution >= 4 is 23.8 Å². The van der Waals surface area contributed by atoms with E-state index in [9.17, 15) is 0 Å². The van der Waals surface area contributed by atoms with E-state index in [0.29, 0.717) is 22.4 Å². The number of benzene rings is 1. The maximum absolute atomic E-state index is 6.07. The summed E-state index contributed by atoms with van der Waals surface area (Å²) < 4.78 is 7.06. The second-order valence-electron chi connectivity index (χ2n) is 3.87. The van der Waals surface area contributed by atoms with Crippen LogP contribution < -0.4 is 0 Å². The van der Waals surface area contributed by atoms with Crippen molar-refractivity contribution in [2.45, 2.75) is 6.67 Å². The Kier molecular flexibility index (Phi) is 3.61. The van der Waals surface area contributed by atoms with Gasteiger partial charge < -0.3 is 4.42 Å².